The van der Waals surface area contributed by atoms with Crippen LogP contribution in [0, 0.1) is 0 Å². The number of β-amino-alcohol motifs (C(OH)–C–C–N with tert-alkyl or cyclic N) is 1. The van der Waals surface area contributed by atoms with E-state index in [9.17, 15) is 9.90 Å². The molecule has 1 N–H and O–H groups in total. The molecule has 0 aromatic carbocycles. The minimum Gasteiger partial charge on any atom is -0.390 e. The van der Waals surface area contributed by atoms with Crippen molar-refractivity contribution < 1.29 is 14.6 Å². The summed E-state index contributed by atoms with van der Waals surface area (Å²) < 4.78 is 5.31. The summed E-state index contributed by atoms with van der Waals surface area (Å²) in [4.78, 5) is 18.8. The van der Waals surface area contributed by atoms with E-state index in [1.807, 2.05) is 4.90 Å². The molecular formula is C15H27N3O3. The Morgan fingerprint density at radius 2 is 1.76 bits per heavy atom. The number of carbonyl (C=O) groups is 1. The van der Waals surface area contributed by atoms with Crippen LogP contribution < -0.4 is 0 Å². The van der Waals surface area contributed by atoms with Crippen molar-refractivity contribution in [3.8, 4) is 0 Å². The van der Waals surface area contributed by atoms with Crippen molar-refractivity contribution in [2.45, 2.75) is 31.4 Å². The highest BCUT2D eigenvalue weighted by atomic mass is 16.5. The van der Waals surface area contributed by atoms with Crippen molar-refractivity contribution in [3.05, 3.63) is 0 Å². The number of hydrogen-bond acceptors (Lipinski definition) is 5. The van der Waals surface area contributed by atoms with E-state index >= 15 is 0 Å². The van der Waals surface area contributed by atoms with Crippen LogP contribution in [0.3, 0.4) is 0 Å². The van der Waals surface area contributed by atoms with Crippen LogP contribution in [0.15, 0.2) is 0 Å². The summed E-state index contributed by atoms with van der Waals surface area (Å²) in [5.74, 6) is 0.149. The zero-order valence-electron chi connectivity index (χ0n) is 12.7. The van der Waals surface area contributed by atoms with Crippen LogP contribution in [0.5, 0.6) is 0 Å². The molecule has 0 saturated carbocycles. The first-order valence-corrected chi connectivity index (χ1v) is 8.24. The normalized spacial score (nSPS) is 32.5. The number of hydrogen-bond donors (Lipinski definition) is 1. The lowest BCUT2D eigenvalue weighted by Gasteiger charge is -2.33. The van der Waals surface area contributed by atoms with Crippen LogP contribution in [-0.4, -0.2) is 96.9 Å². The third-order valence-corrected chi connectivity index (χ3v) is 4.93. The maximum atomic E-state index is 12.4. The van der Waals surface area contributed by atoms with Crippen molar-refractivity contribution in [3.63, 3.8) is 0 Å². The van der Waals surface area contributed by atoms with Crippen molar-refractivity contribution in [2.75, 3.05) is 59.0 Å². The molecule has 0 aromatic heterocycles. The molecule has 0 unspecified atom stereocenters. The first-order chi connectivity index (χ1) is 10.2. The van der Waals surface area contributed by atoms with Gasteiger partial charge in [0.25, 0.3) is 0 Å². The van der Waals surface area contributed by atoms with Gasteiger partial charge < -0.3 is 14.7 Å². The Bertz CT molecular complexity index is 354. The van der Waals surface area contributed by atoms with Gasteiger partial charge in [-0.1, -0.05) is 6.42 Å². The van der Waals surface area contributed by atoms with Gasteiger partial charge in [-0.3, -0.25) is 14.6 Å². The second kappa shape index (κ2) is 7.05. The highest BCUT2D eigenvalue weighted by Gasteiger charge is 2.38. The maximum Gasteiger partial charge on any atom is 0.236 e. The van der Waals surface area contributed by atoms with E-state index in [1.165, 1.54) is 19.3 Å². The van der Waals surface area contributed by atoms with Gasteiger partial charge in [0.2, 0.25) is 5.91 Å². The van der Waals surface area contributed by atoms with Gasteiger partial charge in [0, 0.05) is 26.2 Å². The van der Waals surface area contributed by atoms with Gasteiger partial charge in [0.15, 0.2) is 0 Å². The zero-order valence-corrected chi connectivity index (χ0v) is 12.7. The fourth-order valence-corrected chi connectivity index (χ4v) is 3.63. The molecule has 3 heterocycles. The molecule has 0 aliphatic carbocycles. The fourth-order valence-electron chi connectivity index (χ4n) is 3.63. The van der Waals surface area contributed by atoms with E-state index in [4.69, 9.17) is 4.74 Å². The number of amides is 1. The molecule has 6 nitrogen and oxygen atoms in total. The largest absolute Gasteiger partial charge is 0.390 e. The third kappa shape index (κ3) is 3.74. The standard InChI is InChI=1S/C15H27N3O3/c19-14-11-18(10-13(14)17-4-2-1-3-5-17)15(20)12-16-6-8-21-9-7-16/h13-14,19H,1-12H2/t13-,14-/m0/s1. The van der Waals surface area contributed by atoms with Gasteiger partial charge in [-0.25, -0.2) is 0 Å². The number of rotatable bonds is 3. The summed E-state index contributed by atoms with van der Waals surface area (Å²) in [7, 11) is 0. The molecule has 2 atom stereocenters. The van der Waals surface area contributed by atoms with Gasteiger partial charge in [-0.05, 0) is 25.9 Å². The van der Waals surface area contributed by atoms with Crippen molar-refractivity contribution >= 4 is 5.91 Å². The van der Waals surface area contributed by atoms with E-state index in [1.54, 1.807) is 0 Å². The fraction of sp³-hybridized carbons (Fsp3) is 0.933. The Morgan fingerprint density at radius 1 is 1.05 bits per heavy atom. The molecule has 21 heavy (non-hydrogen) atoms. The van der Waals surface area contributed by atoms with Gasteiger partial charge in [0.1, 0.15) is 0 Å². The number of likely N-dealkylation sites (tertiary alicyclic amines) is 2. The Hall–Kier alpha value is -0.690. The number of aliphatic hydroxyl groups excluding tert-OH is 1. The lowest BCUT2D eigenvalue weighted by Crippen LogP contribution is -2.47. The molecule has 3 rings (SSSR count). The van der Waals surface area contributed by atoms with E-state index < -0.39 is 6.10 Å². The number of aliphatic hydroxyl groups is 1. The highest BCUT2D eigenvalue weighted by molar-refractivity contribution is 5.78. The highest BCUT2D eigenvalue weighted by Crippen LogP contribution is 2.21. The molecule has 6 heteroatoms. The number of piperidine rings is 1. The second-order valence-electron chi connectivity index (χ2n) is 6.42. The number of ether oxygens (including phenoxy) is 1. The maximum absolute atomic E-state index is 12.4. The molecule has 3 fully saturated rings. The number of carbonyl (C=O) groups excluding carboxylic acids is 1. The van der Waals surface area contributed by atoms with Gasteiger partial charge in [-0.2, -0.15) is 0 Å². The van der Waals surface area contributed by atoms with Gasteiger partial charge >= 0.3 is 0 Å². The summed E-state index contributed by atoms with van der Waals surface area (Å²) >= 11 is 0. The van der Waals surface area contributed by atoms with Crippen LogP contribution in [0.1, 0.15) is 19.3 Å². The molecule has 120 valence electrons. The van der Waals surface area contributed by atoms with Crippen LogP contribution in [0.2, 0.25) is 0 Å². The summed E-state index contributed by atoms with van der Waals surface area (Å²) in [5, 5.41) is 10.3. The van der Waals surface area contributed by atoms with E-state index in [-0.39, 0.29) is 11.9 Å². The summed E-state index contributed by atoms with van der Waals surface area (Å²) in [6, 6.07) is 0.138. The summed E-state index contributed by atoms with van der Waals surface area (Å²) in [5.41, 5.74) is 0. The molecule has 0 spiro atoms. The average molecular weight is 297 g/mol. The smallest absolute Gasteiger partial charge is 0.236 e. The molecule has 0 bridgehead atoms. The van der Waals surface area contributed by atoms with Crippen LogP contribution in [0.4, 0.5) is 0 Å². The second-order valence-corrected chi connectivity index (χ2v) is 6.42. The lowest BCUT2D eigenvalue weighted by atomic mass is 10.1. The first-order valence-electron chi connectivity index (χ1n) is 8.24. The molecule has 0 aromatic rings. The topological polar surface area (TPSA) is 56.3 Å². The quantitative estimate of drug-likeness (QED) is 0.752. The van der Waals surface area contributed by atoms with Crippen molar-refractivity contribution in [1.29, 1.82) is 0 Å². The third-order valence-electron chi connectivity index (χ3n) is 4.93. The minimum absolute atomic E-state index is 0.138. The lowest BCUT2D eigenvalue weighted by molar-refractivity contribution is -0.132. The average Bonchev–Trinajstić information content (AvgIpc) is 2.91. The van der Waals surface area contributed by atoms with E-state index in [0.29, 0.717) is 32.8 Å². The van der Waals surface area contributed by atoms with Crippen molar-refractivity contribution in [2.24, 2.45) is 0 Å². The predicted molar refractivity (Wildman–Crippen MR) is 79.1 cm³/mol. The molecular weight excluding hydrogens is 270 g/mol. The minimum atomic E-state index is -0.392. The Balaban J connectivity index is 1.50. The van der Waals surface area contributed by atoms with Crippen LogP contribution in [-0.2, 0) is 9.53 Å². The van der Waals surface area contributed by atoms with Gasteiger partial charge in [0.05, 0.1) is 31.9 Å². The zero-order chi connectivity index (χ0) is 14.7. The Labute approximate surface area is 126 Å². The van der Waals surface area contributed by atoms with Gasteiger partial charge in [-0.15, -0.1) is 0 Å². The number of morpholine rings is 1. The van der Waals surface area contributed by atoms with E-state index in [0.717, 1.165) is 26.2 Å². The Morgan fingerprint density at radius 3 is 2.48 bits per heavy atom. The summed E-state index contributed by atoms with van der Waals surface area (Å²) in [6.45, 7) is 6.85. The van der Waals surface area contributed by atoms with E-state index in [2.05, 4.69) is 9.80 Å². The van der Waals surface area contributed by atoms with Crippen LogP contribution >= 0.6 is 0 Å². The molecule has 3 aliphatic heterocycles. The van der Waals surface area contributed by atoms with Crippen molar-refractivity contribution in [1.82, 2.24) is 14.7 Å². The predicted octanol–water partition coefficient (Wildman–Crippen LogP) is -0.624. The first kappa shape index (κ1) is 15.2. The van der Waals surface area contributed by atoms with Crippen LogP contribution in [0.25, 0.3) is 0 Å². The molecule has 0 radical (unpaired) electrons. The molecule has 3 aliphatic rings. The monoisotopic (exact) mass is 297 g/mol. The summed E-state index contributed by atoms with van der Waals surface area (Å²) in [6.07, 6.45) is 3.33. The Kier molecular flexibility index (Phi) is 5.11. The molecule has 3 saturated heterocycles. The SMILES string of the molecule is O=C(CN1CCOCC1)N1C[C@H](O)[C@@H](N2CCCCC2)C1. The number of nitrogens with zero attached hydrogens (tertiary/aromatic N) is 3. The molecule has 1 amide bonds.